The average molecular weight is 196 g/mol. The minimum absolute atomic E-state index is 0.252. The van der Waals surface area contributed by atoms with Gasteiger partial charge in [0, 0.05) is 5.92 Å². The lowest BCUT2D eigenvalue weighted by atomic mass is 10.2. The number of hydrogen-bond donors (Lipinski definition) is 0. The maximum absolute atomic E-state index is 5.40. The quantitative estimate of drug-likeness (QED) is 0.731. The van der Waals surface area contributed by atoms with Crippen LogP contribution < -0.4 is 0 Å². The van der Waals surface area contributed by atoms with E-state index in [1.54, 1.807) is 6.20 Å². The highest BCUT2D eigenvalue weighted by molar-refractivity contribution is 7.09. The largest absolute Gasteiger partial charge is 0.420 e. The fraction of sp³-hybridized carbons (Fsp3) is 0.429. The summed E-state index contributed by atoms with van der Waals surface area (Å²) in [6.07, 6.45) is 1.61. The third-order valence-corrected chi connectivity index (χ3v) is 2.16. The second kappa shape index (κ2) is 3.21. The molecule has 2 aromatic heterocycles. The number of hydrogen-bond acceptors (Lipinski definition) is 6. The van der Waals surface area contributed by atoms with E-state index in [0.29, 0.717) is 11.8 Å². The summed E-state index contributed by atoms with van der Waals surface area (Å²) >= 11 is 1.24. The maximum Gasteiger partial charge on any atom is 0.261 e. The van der Waals surface area contributed by atoms with Crippen LogP contribution in [0.5, 0.6) is 0 Å². The topological polar surface area (TPSA) is 64.7 Å². The molecule has 0 unspecified atom stereocenters. The zero-order valence-corrected chi connectivity index (χ0v) is 8.08. The summed E-state index contributed by atoms with van der Waals surface area (Å²) in [6.45, 7) is 4.00. The van der Waals surface area contributed by atoms with E-state index in [1.165, 1.54) is 11.5 Å². The summed E-state index contributed by atoms with van der Waals surface area (Å²) in [5.74, 6) is 1.39. The first-order valence-corrected chi connectivity index (χ1v) is 4.66. The summed E-state index contributed by atoms with van der Waals surface area (Å²) in [6, 6.07) is 0. The van der Waals surface area contributed by atoms with Crippen molar-refractivity contribution in [3.63, 3.8) is 0 Å². The molecule has 0 saturated carbocycles. The third kappa shape index (κ3) is 1.57. The van der Waals surface area contributed by atoms with Crippen molar-refractivity contribution in [1.82, 2.24) is 19.8 Å². The SMILES string of the molecule is CC(C)c1nnc(-c2cnns2)o1. The van der Waals surface area contributed by atoms with Crippen molar-refractivity contribution in [2.45, 2.75) is 19.8 Å². The van der Waals surface area contributed by atoms with Crippen LogP contribution >= 0.6 is 11.5 Å². The molecule has 0 aromatic carbocycles. The Morgan fingerprint density at radius 2 is 2.23 bits per heavy atom. The van der Waals surface area contributed by atoms with Crippen molar-refractivity contribution in [3.05, 3.63) is 12.1 Å². The van der Waals surface area contributed by atoms with E-state index in [2.05, 4.69) is 19.8 Å². The lowest BCUT2D eigenvalue weighted by Gasteiger charge is -1.92. The van der Waals surface area contributed by atoms with Gasteiger partial charge in [0.05, 0.1) is 6.20 Å². The van der Waals surface area contributed by atoms with Crippen molar-refractivity contribution >= 4 is 11.5 Å². The minimum atomic E-state index is 0.252. The summed E-state index contributed by atoms with van der Waals surface area (Å²) < 4.78 is 9.11. The van der Waals surface area contributed by atoms with E-state index in [-0.39, 0.29) is 5.92 Å². The highest BCUT2D eigenvalue weighted by Gasteiger charge is 2.12. The van der Waals surface area contributed by atoms with Gasteiger partial charge >= 0.3 is 0 Å². The summed E-state index contributed by atoms with van der Waals surface area (Å²) in [5, 5.41) is 11.5. The summed E-state index contributed by atoms with van der Waals surface area (Å²) in [7, 11) is 0. The highest BCUT2D eigenvalue weighted by atomic mass is 32.1. The Labute approximate surface area is 79.0 Å². The summed E-state index contributed by atoms with van der Waals surface area (Å²) in [4.78, 5) is 0.805. The molecule has 0 spiro atoms. The van der Waals surface area contributed by atoms with Crippen LogP contribution in [0.2, 0.25) is 0 Å². The molecule has 0 aliphatic rings. The van der Waals surface area contributed by atoms with Crippen LogP contribution in [0.1, 0.15) is 25.7 Å². The Kier molecular flexibility index (Phi) is 2.05. The lowest BCUT2D eigenvalue weighted by Crippen LogP contribution is -1.85. The highest BCUT2D eigenvalue weighted by Crippen LogP contribution is 2.22. The van der Waals surface area contributed by atoms with Gasteiger partial charge in [0.2, 0.25) is 5.89 Å². The number of rotatable bonds is 2. The van der Waals surface area contributed by atoms with Crippen LogP contribution in [0, 0.1) is 0 Å². The molecule has 0 fully saturated rings. The van der Waals surface area contributed by atoms with Gasteiger partial charge in [-0.1, -0.05) is 18.3 Å². The minimum Gasteiger partial charge on any atom is -0.420 e. The zero-order valence-electron chi connectivity index (χ0n) is 7.26. The molecule has 6 heteroatoms. The van der Waals surface area contributed by atoms with E-state index < -0.39 is 0 Å². The normalized spacial score (nSPS) is 11.0. The molecule has 0 bridgehead atoms. The molecule has 5 nitrogen and oxygen atoms in total. The second-order valence-electron chi connectivity index (χ2n) is 2.88. The van der Waals surface area contributed by atoms with Crippen LogP contribution in [0.3, 0.4) is 0 Å². The van der Waals surface area contributed by atoms with Crippen LogP contribution in [-0.4, -0.2) is 19.8 Å². The molecule has 2 heterocycles. The zero-order chi connectivity index (χ0) is 9.26. The van der Waals surface area contributed by atoms with Gasteiger partial charge in [0.25, 0.3) is 5.89 Å². The van der Waals surface area contributed by atoms with Gasteiger partial charge in [-0.15, -0.1) is 15.3 Å². The molecule has 68 valence electrons. The van der Waals surface area contributed by atoms with E-state index in [1.807, 2.05) is 13.8 Å². The predicted molar refractivity (Wildman–Crippen MR) is 47.3 cm³/mol. The molecule has 0 aliphatic heterocycles. The number of aromatic nitrogens is 4. The molecular formula is C7H8N4OS. The Bertz CT molecular complexity index is 381. The van der Waals surface area contributed by atoms with Gasteiger partial charge in [-0.05, 0) is 11.5 Å². The average Bonchev–Trinajstić information content (AvgIpc) is 2.75. The first-order valence-electron chi connectivity index (χ1n) is 3.88. The Morgan fingerprint density at radius 1 is 1.38 bits per heavy atom. The van der Waals surface area contributed by atoms with Crippen molar-refractivity contribution in [2.75, 3.05) is 0 Å². The fourth-order valence-corrected chi connectivity index (χ4v) is 1.27. The Hall–Kier alpha value is -1.30. The van der Waals surface area contributed by atoms with Gasteiger partial charge in [-0.2, -0.15) is 0 Å². The Balaban J connectivity index is 2.33. The predicted octanol–water partition coefficient (Wildman–Crippen LogP) is 1.71. The molecule has 2 aromatic rings. The van der Waals surface area contributed by atoms with E-state index in [9.17, 15) is 0 Å². The van der Waals surface area contributed by atoms with Gasteiger partial charge in [-0.3, -0.25) is 0 Å². The van der Waals surface area contributed by atoms with Crippen molar-refractivity contribution < 1.29 is 4.42 Å². The van der Waals surface area contributed by atoms with E-state index in [4.69, 9.17) is 4.42 Å². The van der Waals surface area contributed by atoms with Crippen LogP contribution in [0.4, 0.5) is 0 Å². The van der Waals surface area contributed by atoms with Crippen LogP contribution in [-0.2, 0) is 0 Å². The first kappa shape index (κ1) is 8.31. The van der Waals surface area contributed by atoms with Gasteiger partial charge < -0.3 is 4.42 Å². The molecule has 13 heavy (non-hydrogen) atoms. The Morgan fingerprint density at radius 3 is 2.77 bits per heavy atom. The number of nitrogens with zero attached hydrogens (tertiary/aromatic N) is 4. The molecule has 0 aliphatic carbocycles. The van der Waals surface area contributed by atoms with Crippen LogP contribution in [0.15, 0.2) is 10.6 Å². The van der Waals surface area contributed by atoms with Crippen molar-refractivity contribution in [2.24, 2.45) is 0 Å². The molecule has 0 N–H and O–H groups in total. The lowest BCUT2D eigenvalue weighted by molar-refractivity contribution is 0.481. The van der Waals surface area contributed by atoms with Gasteiger partial charge in [0.15, 0.2) is 0 Å². The van der Waals surface area contributed by atoms with E-state index >= 15 is 0 Å². The molecule has 0 atom stereocenters. The standard InChI is InChI=1S/C7H8N4OS/c1-4(2)6-9-10-7(12-6)5-3-8-11-13-5/h3-4H,1-2H3. The van der Waals surface area contributed by atoms with Crippen LogP contribution in [0.25, 0.3) is 10.8 Å². The molecule has 0 amide bonds. The third-order valence-electron chi connectivity index (χ3n) is 1.51. The van der Waals surface area contributed by atoms with E-state index in [0.717, 1.165) is 4.88 Å². The molecule has 2 rings (SSSR count). The smallest absolute Gasteiger partial charge is 0.261 e. The fourth-order valence-electron chi connectivity index (χ4n) is 0.829. The summed E-state index contributed by atoms with van der Waals surface area (Å²) in [5.41, 5.74) is 0. The first-order chi connectivity index (χ1) is 6.27. The molecular weight excluding hydrogens is 188 g/mol. The van der Waals surface area contributed by atoms with Gasteiger partial charge in [0.1, 0.15) is 4.88 Å². The van der Waals surface area contributed by atoms with Crippen molar-refractivity contribution in [1.29, 1.82) is 0 Å². The van der Waals surface area contributed by atoms with Gasteiger partial charge in [-0.25, -0.2) is 0 Å². The monoisotopic (exact) mass is 196 g/mol. The maximum atomic E-state index is 5.40. The van der Waals surface area contributed by atoms with Crippen molar-refractivity contribution in [3.8, 4) is 10.8 Å². The molecule has 0 radical (unpaired) electrons. The molecule has 0 saturated heterocycles. The second-order valence-corrected chi connectivity index (χ2v) is 3.67.